The lowest BCUT2D eigenvalue weighted by Crippen LogP contribution is -2.06. The number of rotatable bonds is 3. The number of fused-ring (bicyclic) bond motifs is 2. The van der Waals surface area contributed by atoms with E-state index in [1.165, 1.54) is 11.8 Å². The topological polar surface area (TPSA) is 44.1 Å². The molecule has 2 heterocycles. The van der Waals surface area contributed by atoms with Gasteiger partial charge in [-0.2, -0.15) is 0 Å². The van der Waals surface area contributed by atoms with Gasteiger partial charge in [0.15, 0.2) is 0 Å². The molecule has 0 spiro atoms. The van der Waals surface area contributed by atoms with Crippen LogP contribution in [-0.2, 0) is 11.3 Å². The molecule has 0 aliphatic carbocycles. The smallest absolute Gasteiger partial charge is 0.340 e. The molecule has 0 amide bonds. The number of para-hydroxylation sites is 2. The van der Waals surface area contributed by atoms with Gasteiger partial charge >= 0.3 is 5.97 Å². The van der Waals surface area contributed by atoms with Gasteiger partial charge in [0.2, 0.25) is 0 Å². The van der Waals surface area contributed by atoms with Crippen LogP contribution in [0.1, 0.15) is 15.4 Å². The van der Waals surface area contributed by atoms with Crippen molar-refractivity contribution in [3.63, 3.8) is 0 Å². The van der Waals surface area contributed by atoms with Gasteiger partial charge in [0.25, 0.3) is 0 Å². The minimum absolute atomic E-state index is 0.320. The van der Waals surface area contributed by atoms with Crippen LogP contribution in [0, 0.1) is 0 Å². The lowest BCUT2D eigenvalue weighted by atomic mass is 10.1. The van der Waals surface area contributed by atoms with Crippen molar-refractivity contribution in [2.75, 3.05) is 7.11 Å². The molecule has 4 aromatic rings. The highest BCUT2D eigenvalue weighted by Gasteiger charge is 2.14. The Morgan fingerprint density at radius 3 is 2.87 bits per heavy atom. The van der Waals surface area contributed by atoms with Crippen LogP contribution in [0.25, 0.3) is 21.1 Å². The number of esters is 1. The van der Waals surface area contributed by atoms with Crippen LogP contribution in [-0.4, -0.2) is 22.6 Å². The number of ether oxygens (including phenoxy) is 1. The molecule has 0 saturated carbocycles. The highest BCUT2D eigenvalue weighted by molar-refractivity contribution is 7.18. The maximum absolute atomic E-state index is 12.0. The minimum Gasteiger partial charge on any atom is -0.465 e. The summed E-state index contributed by atoms with van der Waals surface area (Å²) in [4.78, 5) is 16.7. The quantitative estimate of drug-likeness (QED) is 0.534. The third-order valence-corrected chi connectivity index (χ3v) is 4.86. The van der Waals surface area contributed by atoms with Gasteiger partial charge < -0.3 is 9.30 Å². The van der Waals surface area contributed by atoms with E-state index in [-0.39, 0.29) is 5.97 Å². The maximum atomic E-state index is 12.0. The SMILES string of the molecule is COC(=O)c1cccc2ccn(Cc3nc4ccccc4s3)c12. The van der Waals surface area contributed by atoms with Crippen LogP contribution in [0.3, 0.4) is 0 Å². The molecule has 0 radical (unpaired) electrons. The summed E-state index contributed by atoms with van der Waals surface area (Å²) in [6.45, 7) is 0.636. The Balaban J connectivity index is 1.81. The highest BCUT2D eigenvalue weighted by atomic mass is 32.1. The number of carbonyl (C=O) groups excluding carboxylic acids is 1. The molecule has 0 atom stereocenters. The average Bonchev–Trinajstić information content (AvgIpc) is 3.18. The first-order valence-corrected chi connectivity index (χ1v) is 8.08. The van der Waals surface area contributed by atoms with E-state index in [1.54, 1.807) is 17.4 Å². The van der Waals surface area contributed by atoms with Crippen LogP contribution >= 0.6 is 11.3 Å². The van der Waals surface area contributed by atoms with Crippen LogP contribution in [0.2, 0.25) is 0 Å². The summed E-state index contributed by atoms with van der Waals surface area (Å²) in [6.07, 6.45) is 1.99. The molecule has 0 aliphatic heterocycles. The molecule has 0 fully saturated rings. The average molecular weight is 322 g/mol. The molecule has 0 N–H and O–H groups in total. The molecule has 2 aromatic carbocycles. The van der Waals surface area contributed by atoms with Crippen molar-refractivity contribution in [1.29, 1.82) is 0 Å². The largest absolute Gasteiger partial charge is 0.465 e. The van der Waals surface area contributed by atoms with Crippen LogP contribution < -0.4 is 0 Å². The van der Waals surface area contributed by atoms with E-state index < -0.39 is 0 Å². The van der Waals surface area contributed by atoms with Gasteiger partial charge in [0.1, 0.15) is 5.01 Å². The summed E-state index contributed by atoms with van der Waals surface area (Å²) in [7, 11) is 1.40. The zero-order valence-electron chi connectivity index (χ0n) is 12.5. The van der Waals surface area contributed by atoms with E-state index in [0.717, 1.165) is 21.4 Å². The van der Waals surface area contributed by atoms with Crippen molar-refractivity contribution in [3.05, 3.63) is 65.3 Å². The molecule has 23 heavy (non-hydrogen) atoms. The molecule has 4 nitrogen and oxygen atoms in total. The van der Waals surface area contributed by atoms with Crippen molar-refractivity contribution in [2.45, 2.75) is 6.54 Å². The lowest BCUT2D eigenvalue weighted by Gasteiger charge is -2.07. The Morgan fingerprint density at radius 2 is 2.04 bits per heavy atom. The van der Waals surface area contributed by atoms with Crippen molar-refractivity contribution >= 4 is 38.4 Å². The van der Waals surface area contributed by atoms with Crippen molar-refractivity contribution in [2.24, 2.45) is 0 Å². The number of methoxy groups -OCH3 is 1. The predicted octanol–water partition coefficient (Wildman–Crippen LogP) is 4.09. The molecular formula is C18H14N2O2S. The lowest BCUT2D eigenvalue weighted by molar-refractivity contribution is 0.0602. The van der Waals surface area contributed by atoms with E-state index in [0.29, 0.717) is 12.1 Å². The third kappa shape index (κ3) is 2.39. The summed E-state index contributed by atoms with van der Waals surface area (Å²) in [6, 6.07) is 15.8. The number of aromatic nitrogens is 2. The van der Waals surface area contributed by atoms with Crippen LogP contribution in [0.15, 0.2) is 54.7 Å². The molecule has 0 unspecified atom stereocenters. The number of hydrogen-bond donors (Lipinski definition) is 0. The van der Waals surface area contributed by atoms with Crippen molar-refractivity contribution in [1.82, 2.24) is 9.55 Å². The van der Waals surface area contributed by atoms with E-state index in [4.69, 9.17) is 4.74 Å². The monoisotopic (exact) mass is 322 g/mol. The summed E-state index contributed by atoms with van der Waals surface area (Å²) < 4.78 is 8.13. The number of carbonyl (C=O) groups is 1. The summed E-state index contributed by atoms with van der Waals surface area (Å²) in [5.74, 6) is -0.320. The Labute approximate surface area is 137 Å². The van der Waals surface area contributed by atoms with Crippen molar-refractivity contribution < 1.29 is 9.53 Å². The van der Waals surface area contributed by atoms with E-state index in [2.05, 4.69) is 15.6 Å². The predicted molar refractivity (Wildman–Crippen MR) is 92.0 cm³/mol. The highest BCUT2D eigenvalue weighted by Crippen LogP contribution is 2.26. The molecule has 5 heteroatoms. The van der Waals surface area contributed by atoms with Gasteiger partial charge in [-0.15, -0.1) is 11.3 Å². The summed E-state index contributed by atoms with van der Waals surface area (Å²) in [5.41, 5.74) is 2.48. The molecule has 114 valence electrons. The van der Waals surface area contributed by atoms with Gasteiger partial charge in [-0.25, -0.2) is 9.78 Å². The Kier molecular flexibility index (Phi) is 3.35. The second kappa shape index (κ2) is 5.52. The zero-order chi connectivity index (χ0) is 15.8. The van der Waals surface area contributed by atoms with Gasteiger partial charge in [-0.05, 0) is 24.3 Å². The van der Waals surface area contributed by atoms with Gasteiger partial charge in [0.05, 0.1) is 35.0 Å². The molecular weight excluding hydrogens is 308 g/mol. The van der Waals surface area contributed by atoms with Gasteiger partial charge in [0, 0.05) is 11.6 Å². The fourth-order valence-electron chi connectivity index (χ4n) is 2.80. The van der Waals surface area contributed by atoms with Gasteiger partial charge in [-0.3, -0.25) is 0 Å². The Bertz CT molecular complexity index is 983. The number of nitrogens with zero attached hydrogens (tertiary/aromatic N) is 2. The third-order valence-electron chi connectivity index (χ3n) is 3.84. The second-order valence-corrected chi connectivity index (χ2v) is 6.37. The fourth-order valence-corrected chi connectivity index (χ4v) is 3.77. The first-order chi connectivity index (χ1) is 11.3. The standard InChI is InChI=1S/C18H14N2O2S/c1-22-18(21)13-6-4-5-12-9-10-20(17(12)13)11-16-19-14-7-2-3-8-15(14)23-16/h2-10H,11H2,1H3. The van der Waals surface area contributed by atoms with E-state index >= 15 is 0 Å². The summed E-state index contributed by atoms with van der Waals surface area (Å²) >= 11 is 1.68. The van der Waals surface area contributed by atoms with Crippen LogP contribution in [0.5, 0.6) is 0 Å². The molecule has 0 bridgehead atoms. The molecule has 0 saturated heterocycles. The first-order valence-electron chi connectivity index (χ1n) is 7.27. The van der Waals surface area contributed by atoms with Gasteiger partial charge in [-0.1, -0.05) is 24.3 Å². The zero-order valence-corrected chi connectivity index (χ0v) is 13.3. The maximum Gasteiger partial charge on any atom is 0.340 e. The minimum atomic E-state index is -0.320. The first kappa shape index (κ1) is 14.0. The number of hydrogen-bond acceptors (Lipinski definition) is 4. The molecule has 4 rings (SSSR count). The Morgan fingerprint density at radius 1 is 1.17 bits per heavy atom. The van der Waals surface area contributed by atoms with E-state index in [9.17, 15) is 4.79 Å². The number of thiazole rings is 1. The second-order valence-electron chi connectivity index (χ2n) is 5.25. The van der Waals surface area contributed by atoms with Crippen molar-refractivity contribution in [3.8, 4) is 0 Å². The normalized spacial score (nSPS) is 11.2. The van der Waals surface area contributed by atoms with E-state index in [1.807, 2.05) is 42.6 Å². The van der Waals surface area contributed by atoms with Crippen LogP contribution in [0.4, 0.5) is 0 Å². The number of benzene rings is 2. The molecule has 2 aromatic heterocycles. The molecule has 0 aliphatic rings. The fraction of sp³-hybridized carbons (Fsp3) is 0.111. The Hall–Kier alpha value is -2.66. The summed E-state index contributed by atoms with van der Waals surface area (Å²) in [5, 5.41) is 2.04.